The highest BCUT2D eigenvalue weighted by molar-refractivity contribution is 5.00. The summed E-state index contributed by atoms with van der Waals surface area (Å²) in [6, 6.07) is 0. The molecule has 0 spiro atoms. The normalized spacial score (nSPS) is 30.3. The summed E-state index contributed by atoms with van der Waals surface area (Å²) in [5.74, 6) is 0.896. The molecule has 1 saturated carbocycles. The molecule has 4 heteroatoms. The van der Waals surface area contributed by atoms with Crippen molar-refractivity contribution in [2.75, 3.05) is 53.1 Å². The zero-order valence-corrected chi connectivity index (χ0v) is 11.9. The van der Waals surface area contributed by atoms with Crippen molar-refractivity contribution in [3.63, 3.8) is 0 Å². The smallest absolute Gasteiger partial charge is 0.0700 e. The fraction of sp³-hybridized carbons (Fsp3) is 1.00. The van der Waals surface area contributed by atoms with Crippen LogP contribution in [-0.2, 0) is 9.47 Å². The van der Waals surface area contributed by atoms with Crippen molar-refractivity contribution in [3.8, 4) is 0 Å². The van der Waals surface area contributed by atoms with Crippen LogP contribution in [0.4, 0.5) is 0 Å². The molecule has 106 valence electrons. The maximum atomic E-state index is 5.57. The molecule has 2 rings (SSSR count). The minimum absolute atomic E-state index is 0.336. The molecule has 1 N–H and O–H groups in total. The fourth-order valence-electron chi connectivity index (χ4n) is 2.90. The van der Waals surface area contributed by atoms with Gasteiger partial charge >= 0.3 is 0 Å². The first-order valence-corrected chi connectivity index (χ1v) is 7.29. The lowest BCUT2D eigenvalue weighted by molar-refractivity contribution is 0.0539. The zero-order chi connectivity index (χ0) is 12.8. The molecule has 1 unspecified atom stereocenters. The van der Waals surface area contributed by atoms with Gasteiger partial charge in [0.15, 0.2) is 0 Å². The van der Waals surface area contributed by atoms with Crippen molar-refractivity contribution >= 4 is 0 Å². The van der Waals surface area contributed by atoms with Crippen LogP contribution in [0.5, 0.6) is 0 Å². The van der Waals surface area contributed by atoms with Gasteiger partial charge in [0.05, 0.1) is 19.8 Å². The third kappa shape index (κ3) is 4.19. The molecule has 0 bridgehead atoms. The Hall–Kier alpha value is -0.160. The fourth-order valence-corrected chi connectivity index (χ4v) is 2.90. The van der Waals surface area contributed by atoms with Gasteiger partial charge in [-0.2, -0.15) is 0 Å². The second-order valence-corrected chi connectivity index (χ2v) is 5.85. The van der Waals surface area contributed by atoms with Crippen LogP contribution in [-0.4, -0.2) is 63.5 Å². The van der Waals surface area contributed by atoms with Crippen LogP contribution in [0.2, 0.25) is 0 Å². The zero-order valence-electron chi connectivity index (χ0n) is 11.9. The minimum Gasteiger partial charge on any atom is -0.382 e. The Balaban J connectivity index is 1.70. The summed E-state index contributed by atoms with van der Waals surface area (Å²) in [7, 11) is 1.71. The lowest BCUT2D eigenvalue weighted by Crippen LogP contribution is -2.51. The van der Waals surface area contributed by atoms with E-state index in [4.69, 9.17) is 9.47 Å². The minimum atomic E-state index is 0.336. The first-order valence-electron chi connectivity index (χ1n) is 7.29. The molecule has 1 heterocycles. The molecule has 1 aliphatic heterocycles. The van der Waals surface area contributed by atoms with Gasteiger partial charge in [0.25, 0.3) is 0 Å². The molecule has 0 radical (unpaired) electrons. The van der Waals surface area contributed by atoms with Crippen LogP contribution in [0.25, 0.3) is 0 Å². The topological polar surface area (TPSA) is 33.7 Å². The third-order valence-corrected chi connectivity index (χ3v) is 4.19. The van der Waals surface area contributed by atoms with Crippen molar-refractivity contribution in [2.24, 2.45) is 5.92 Å². The number of nitrogens with zero attached hydrogens (tertiary/aromatic N) is 1. The Morgan fingerprint density at radius 3 is 2.83 bits per heavy atom. The predicted molar refractivity (Wildman–Crippen MR) is 72.9 cm³/mol. The van der Waals surface area contributed by atoms with E-state index in [9.17, 15) is 0 Å². The maximum absolute atomic E-state index is 5.57. The van der Waals surface area contributed by atoms with E-state index in [0.717, 1.165) is 25.6 Å². The molecular formula is C14H28N2O2. The molecule has 1 aliphatic carbocycles. The molecular weight excluding hydrogens is 228 g/mol. The molecule has 0 aromatic heterocycles. The molecule has 2 aliphatic rings. The van der Waals surface area contributed by atoms with Gasteiger partial charge in [-0.05, 0) is 45.2 Å². The number of rotatable bonds is 7. The van der Waals surface area contributed by atoms with Crippen LogP contribution in [0, 0.1) is 5.92 Å². The summed E-state index contributed by atoms with van der Waals surface area (Å²) in [6.45, 7) is 9.21. The molecule has 0 aromatic rings. The highest BCUT2D eigenvalue weighted by atomic mass is 16.5. The Bertz CT molecular complexity index is 246. The van der Waals surface area contributed by atoms with Gasteiger partial charge in [0.1, 0.15) is 0 Å². The van der Waals surface area contributed by atoms with Gasteiger partial charge in [-0.3, -0.25) is 4.90 Å². The molecule has 0 amide bonds. The van der Waals surface area contributed by atoms with Gasteiger partial charge in [-0.25, -0.2) is 0 Å². The first kappa shape index (κ1) is 14.3. The average molecular weight is 256 g/mol. The molecule has 0 aromatic carbocycles. The van der Waals surface area contributed by atoms with Crippen molar-refractivity contribution < 1.29 is 9.47 Å². The van der Waals surface area contributed by atoms with Crippen molar-refractivity contribution in [1.82, 2.24) is 10.2 Å². The quantitative estimate of drug-likeness (QED) is 0.692. The predicted octanol–water partition coefficient (Wildman–Crippen LogP) is 1.11. The lowest BCUT2D eigenvalue weighted by Gasteiger charge is -2.33. The van der Waals surface area contributed by atoms with E-state index < -0.39 is 0 Å². The van der Waals surface area contributed by atoms with E-state index in [1.165, 1.54) is 32.4 Å². The van der Waals surface area contributed by atoms with Gasteiger partial charge in [0, 0.05) is 25.7 Å². The second-order valence-electron chi connectivity index (χ2n) is 5.85. The molecule has 18 heavy (non-hydrogen) atoms. The number of hydrogen-bond donors (Lipinski definition) is 1. The standard InChI is InChI=1S/C14H28N2O2/c1-14(13-4-5-13)12-16(7-3-6-15-14)8-9-18-11-10-17-2/h13,15H,3-12H2,1-2H3. The number of methoxy groups -OCH3 is 1. The Labute approximate surface area is 111 Å². The van der Waals surface area contributed by atoms with Crippen LogP contribution in [0.15, 0.2) is 0 Å². The number of hydrogen-bond acceptors (Lipinski definition) is 4. The average Bonchev–Trinajstić information content (AvgIpc) is 3.17. The first-order chi connectivity index (χ1) is 8.74. The molecule has 4 nitrogen and oxygen atoms in total. The van der Waals surface area contributed by atoms with Crippen molar-refractivity contribution in [2.45, 2.75) is 31.7 Å². The summed E-state index contributed by atoms with van der Waals surface area (Å²) >= 11 is 0. The number of ether oxygens (including phenoxy) is 2. The SMILES string of the molecule is COCCOCCN1CCCNC(C)(C2CC2)C1. The van der Waals surface area contributed by atoms with E-state index in [1.807, 2.05) is 0 Å². The van der Waals surface area contributed by atoms with Crippen LogP contribution in [0.3, 0.4) is 0 Å². The molecule has 1 saturated heterocycles. The second kappa shape index (κ2) is 6.85. The van der Waals surface area contributed by atoms with Gasteiger partial charge < -0.3 is 14.8 Å². The van der Waals surface area contributed by atoms with Gasteiger partial charge in [-0.1, -0.05) is 0 Å². The van der Waals surface area contributed by atoms with Crippen molar-refractivity contribution in [1.29, 1.82) is 0 Å². The van der Waals surface area contributed by atoms with Crippen molar-refractivity contribution in [3.05, 3.63) is 0 Å². The Morgan fingerprint density at radius 2 is 2.11 bits per heavy atom. The van der Waals surface area contributed by atoms with E-state index in [-0.39, 0.29) is 0 Å². The largest absolute Gasteiger partial charge is 0.382 e. The lowest BCUT2D eigenvalue weighted by atomic mass is 9.95. The Kier molecular flexibility index (Phi) is 5.42. The molecule has 2 fully saturated rings. The monoisotopic (exact) mass is 256 g/mol. The van der Waals surface area contributed by atoms with Crippen LogP contribution in [0.1, 0.15) is 26.2 Å². The third-order valence-electron chi connectivity index (χ3n) is 4.19. The van der Waals surface area contributed by atoms with Gasteiger partial charge in [-0.15, -0.1) is 0 Å². The maximum Gasteiger partial charge on any atom is 0.0700 e. The molecule has 1 atom stereocenters. The summed E-state index contributed by atoms with van der Waals surface area (Å²) < 4.78 is 10.6. The Morgan fingerprint density at radius 1 is 1.28 bits per heavy atom. The highest BCUT2D eigenvalue weighted by Gasteiger charge is 2.42. The van der Waals surface area contributed by atoms with Crippen LogP contribution >= 0.6 is 0 Å². The van der Waals surface area contributed by atoms with E-state index in [1.54, 1.807) is 7.11 Å². The number of nitrogens with one attached hydrogen (secondary N) is 1. The van der Waals surface area contributed by atoms with E-state index in [0.29, 0.717) is 18.8 Å². The summed E-state index contributed by atoms with van der Waals surface area (Å²) in [4.78, 5) is 2.56. The van der Waals surface area contributed by atoms with E-state index >= 15 is 0 Å². The van der Waals surface area contributed by atoms with E-state index in [2.05, 4.69) is 17.1 Å². The van der Waals surface area contributed by atoms with Gasteiger partial charge in [0.2, 0.25) is 0 Å². The highest BCUT2D eigenvalue weighted by Crippen LogP contribution is 2.40. The summed E-state index contributed by atoms with van der Waals surface area (Å²) in [5, 5.41) is 3.76. The summed E-state index contributed by atoms with van der Waals surface area (Å²) in [5.41, 5.74) is 0.336. The van der Waals surface area contributed by atoms with Crippen LogP contribution < -0.4 is 5.32 Å². The summed E-state index contributed by atoms with van der Waals surface area (Å²) in [6.07, 6.45) is 4.06.